The van der Waals surface area contributed by atoms with Gasteiger partial charge in [-0.2, -0.15) is 0 Å². The van der Waals surface area contributed by atoms with E-state index in [0.29, 0.717) is 6.54 Å². The first kappa shape index (κ1) is 11.7. The first-order valence-corrected chi connectivity index (χ1v) is 6.03. The van der Waals surface area contributed by atoms with E-state index in [4.69, 9.17) is 14.9 Å². The van der Waals surface area contributed by atoms with Crippen molar-refractivity contribution in [2.45, 2.75) is 6.54 Å². The summed E-state index contributed by atoms with van der Waals surface area (Å²) in [6, 6.07) is 11.6. The maximum Gasteiger partial charge on any atom is 0.176 e. The van der Waals surface area contributed by atoms with Gasteiger partial charge in [0.1, 0.15) is 5.69 Å². The minimum absolute atomic E-state index is 0.485. The Morgan fingerprint density at radius 1 is 1.26 bits per heavy atom. The van der Waals surface area contributed by atoms with Gasteiger partial charge in [0.2, 0.25) is 0 Å². The topological polar surface area (TPSA) is 61.3 Å². The first-order valence-electron chi connectivity index (χ1n) is 6.03. The zero-order valence-corrected chi connectivity index (χ0v) is 10.6. The number of hydrogen-bond acceptors (Lipinski definition) is 4. The number of para-hydroxylation sites is 1. The van der Waals surface area contributed by atoms with Gasteiger partial charge in [0.25, 0.3) is 0 Å². The van der Waals surface area contributed by atoms with Crippen LogP contribution in [0.2, 0.25) is 0 Å². The fraction of sp³-hybridized carbons (Fsp3) is 0.133. The predicted octanol–water partition coefficient (Wildman–Crippen LogP) is 2.96. The molecule has 0 unspecified atom stereocenters. The van der Waals surface area contributed by atoms with E-state index < -0.39 is 0 Å². The molecule has 0 amide bonds. The molecule has 0 atom stereocenters. The fourth-order valence-electron chi connectivity index (χ4n) is 2.06. The number of fused-ring (bicyclic) bond motifs is 1. The molecule has 0 bridgehead atoms. The van der Waals surface area contributed by atoms with Crippen LogP contribution < -0.4 is 10.5 Å². The van der Waals surface area contributed by atoms with Crippen LogP contribution in [0.3, 0.4) is 0 Å². The molecule has 4 heteroatoms. The number of aromatic nitrogens is 1. The SMILES string of the molecule is COc1cccc2cc(-c3cc(CN)ccn3)oc12. The second kappa shape index (κ2) is 4.74. The highest BCUT2D eigenvalue weighted by Gasteiger charge is 2.11. The van der Waals surface area contributed by atoms with Gasteiger partial charge < -0.3 is 14.9 Å². The molecule has 0 spiro atoms. The van der Waals surface area contributed by atoms with Crippen molar-refractivity contribution in [3.05, 3.63) is 48.2 Å². The zero-order valence-electron chi connectivity index (χ0n) is 10.6. The summed E-state index contributed by atoms with van der Waals surface area (Å²) in [6.07, 6.45) is 1.74. The number of hydrogen-bond donors (Lipinski definition) is 1. The molecule has 2 heterocycles. The summed E-state index contributed by atoms with van der Waals surface area (Å²) in [5.74, 6) is 1.44. The molecule has 0 saturated heterocycles. The number of ether oxygens (including phenoxy) is 1. The highest BCUT2D eigenvalue weighted by molar-refractivity contribution is 5.86. The van der Waals surface area contributed by atoms with E-state index in [9.17, 15) is 0 Å². The van der Waals surface area contributed by atoms with Crippen LogP contribution in [0.1, 0.15) is 5.56 Å². The van der Waals surface area contributed by atoms with Gasteiger partial charge in [-0.3, -0.25) is 4.98 Å². The van der Waals surface area contributed by atoms with Gasteiger partial charge in [0, 0.05) is 18.1 Å². The van der Waals surface area contributed by atoms with Crippen LogP contribution in [0.15, 0.2) is 47.0 Å². The summed E-state index contributed by atoms with van der Waals surface area (Å²) in [6.45, 7) is 0.485. The van der Waals surface area contributed by atoms with E-state index in [1.807, 2.05) is 36.4 Å². The molecule has 0 saturated carbocycles. The van der Waals surface area contributed by atoms with Gasteiger partial charge in [-0.25, -0.2) is 0 Å². The maximum atomic E-state index is 5.85. The third-order valence-corrected chi connectivity index (χ3v) is 3.04. The Hall–Kier alpha value is -2.33. The Morgan fingerprint density at radius 3 is 2.95 bits per heavy atom. The van der Waals surface area contributed by atoms with Crippen molar-refractivity contribution in [2.75, 3.05) is 7.11 Å². The van der Waals surface area contributed by atoms with Crippen LogP contribution in [-0.4, -0.2) is 12.1 Å². The number of pyridine rings is 1. The second-order valence-electron chi connectivity index (χ2n) is 4.24. The van der Waals surface area contributed by atoms with Gasteiger partial charge in [0.05, 0.1) is 7.11 Å². The molecular formula is C15H14N2O2. The lowest BCUT2D eigenvalue weighted by Crippen LogP contribution is -1.96. The van der Waals surface area contributed by atoms with Gasteiger partial charge in [0.15, 0.2) is 17.1 Å². The maximum absolute atomic E-state index is 5.85. The molecule has 96 valence electrons. The van der Waals surface area contributed by atoms with Gasteiger partial charge >= 0.3 is 0 Å². The fourth-order valence-corrected chi connectivity index (χ4v) is 2.06. The molecule has 0 radical (unpaired) electrons. The lowest BCUT2D eigenvalue weighted by molar-refractivity contribution is 0.411. The van der Waals surface area contributed by atoms with Crippen LogP contribution in [0.25, 0.3) is 22.4 Å². The first-order chi connectivity index (χ1) is 9.31. The number of benzene rings is 1. The monoisotopic (exact) mass is 254 g/mol. The molecule has 3 aromatic rings. The molecular weight excluding hydrogens is 240 g/mol. The van der Waals surface area contributed by atoms with Crippen molar-refractivity contribution >= 4 is 11.0 Å². The van der Waals surface area contributed by atoms with Gasteiger partial charge in [-0.1, -0.05) is 12.1 Å². The van der Waals surface area contributed by atoms with Crippen LogP contribution in [0, 0.1) is 0 Å². The molecule has 0 aliphatic rings. The standard InChI is InChI=1S/C15H14N2O2/c1-18-13-4-2-3-11-8-14(19-15(11)13)12-7-10(9-16)5-6-17-12/h2-8H,9,16H2,1H3. The smallest absolute Gasteiger partial charge is 0.176 e. The number of nitrogens with zero attached hydrogens (tertiary/aromatic N) is 1. The van der Waals surface area contributed by atoms with E-state index in [0.717, 1.165) is 33.7 Å². The predicted molar refractivity (Wildman–Crippen MR) is 73.9 cm³/mol. The van der Waals surface area contributed by atoms with Crippen molar-refractivity contribution in [1.29, 1.82) is 0 Å². The lowest BCUT2D eigenvalue weighted by atomic mass is 10.2. The largest absolute Gasteiger partial charge is 0.493 e. The molecule has 2 aromatic heterocycles. The average molecular weight is 254 g/mol. The molecule has 0 aliphatic heterocycles. The molecule has 0 fully saturated rings. The number of nitrogens with two attached hydrogens (primary N) is 1. The van der Waals surface area contributed by atoms with E-state index in [1.165, 1.54) is 0 Å². The van der Waals surface area contributed by atoms with Crippen molar-refractivity contribution in [3.63, 3.8) is 0 Å². The summed E-state index contributed by atoms with van der Waals surface area (Å²) in [5, 5.41) is 0.995. The Kier molecular flexibility index (Phi) is 2.93. The summed E-state index contributed by atoms with van der Waals surface area (Å²) < 4.78 is 11.1. The Balaban J connectivity index is 2.15. The molecule has 19 heavy (non-hydrogen) atoms. The van der Waals surface area contributed by atoms with E-state index in [1.54, 1.807) is 13.3 Å². The highest BCUT2D eigenvalue weighted by atomic mass is 16.5. The number of methoxy groups -OCH3 is 1. The van der Waals surface area contributed by atoms with Crippen LogP contribution in [0.4, 0.5) is 0 Å². The van der Waals surface area contributed by atoms with Crippen LogP contribution in [0.5, 0.6) is 5.75 Å². The number of rotatable bonds is 3. The minimum atomic E-state index is 0.485. The van der Waals surface area contributed by atoms with E-state index in [2.05, 4.69) is 4.98 Å². The average Bonchev–Trinajstić information content (AvgIpc) is 2.91. The zero-order chi connectivity index (χ0) is 13.2. The third-order valence-electron chi connectivity index (χ3n) is 3.04. The van der Waals surface area contributed by atoms with Gasteiger partial charge in [-0.05, 0) is 29.8 Å². The van der Waals surface area contributed by atoms with Crippen molar-refractivity contribution in [2.24, 2.45) is 5.73 Å². The van der Waals surface area contributed by atoms with E-state index in [-0.39, 0.29) is 0 Å². The normalized spacial score (nSPS) is 10.8. The summed E-state index contributed by atoms with van der Waals surface area (Å²) in [5.41, 5.74) is 8.18. The highest BCUT2D eigenvalue weighted by Crippen LogP contribution is 2.32. The van der Waals surface area contributed by atoms with Gasteiger partial charge in [-0.15, -0.1) is 0 Å². The molecule has 1 aromatic carbocycles. The molecule has 4 nitrogen and oxygen atoms in total. The third kappa shape index (κ3) is 2.06. The lowest BCUT2D eigenvalue weighted by Gasteiger charge is -2.00. The Bertz CT molecular complexity index is 719. The molecule has 3 rings (SSSR count). The molecule has 2 N–H and O–H groups in total. The van der Waals surface area contributed by atoms with Crippen molar-refractivity contribution < 1.29 is 9.15 Å². The molecule has 0 aliphatic carbocycles. The quantitative estimate of drug-likeness (QED) is 0.780. The van der Waals surface area contributed by atoms with Crippen molar-refractivity contribution in [1.82, 2.24) is 4.98 Å². The van der Waals surface area contributed by atoms with Crippen LogP contribution in [-0.2, 0) is 6.54 Å². The Morgan fingerprint density at radius 2 is 2.16 bits per heavy atom. The number of furan rings is 1. The summed E-state index contributed by atoms with van der Waals surface area (Å²) >= 11 is 0. The summed E-state index contributed by atoms with van der Waals surface area (Å²) in [4.78, 5) is 4.32. The summed E-state index contributed by atoms with van der Waals surface area (Å²) in [7, 11) is 1.63. The van der Waals surface area contributed by atoms with Crippen molar-refractivity contribution in [3.8, 4) is 17.2 Å². The van der Waals surface area contributed by atoms with E-state index >= 15 is 0 Å². The second-order valence-corrected chi connectivity index (χ2v) is 4.24. The van der Waals surface area contributed by atoms with Crippen LogP contribution >= 0.6 is 0 Å². The Labute approximate surface area is 110 Å². The minimum Gasteiger partial charge on any atom is -0.493 e.